The third kappa shape index (κ3) is 4.73. The molecule has 3 heterocycles. The molecule has 0 atom stereocenters. The Morgan fingerprint density at radius 3 is 2.42 bits per heavy atom. The molecule has 162 valence electrons. The first kappa shape index (κ1) is 21.7. The van der Waals surface area contributed by atoms with Gasteiger partial charge in [0.15, 0.2) is 5.82 Å². The van der Waals surface area contributed by atoms with E-state index in [2.05, 4.69) is 43.7 Å². The molecule has 1 aliphatic heterocycles. The van der Waals surface area contributed by atoms with E-state index in [1.807, 2.05) is 68.3 Å². The smallest absolute Gasteiger partial charge is 0.410 e. The first-order valence-electron chi connectivity index (χ1n) is 10.3. The van der Waals surface area contributed by atoms with E-state index in [1.54, 1.807) is 11.1 Å². The summed E-state index contributed by atoms with van der Waals surface area (Å²) in [5.41, 5.74) is 1.08. The maximum absolute atomic E-state index is 12.5. The number of carbonyl (C=O) groups is 1. The van der Waals surface area contributed by atoms with Crippen LogP contribution < -0.4 is 0 Å². The lowest BCUT2D eigenvalue weighted by Gasteiger charge is -2.42. The molecular weight excluding hydrogens is 505 g/mol. The largest absolute Gasteiger partial charge is 0.444 e. The molecular formula is C23H26IN5O2. The van der Waals surface area contributed by atoms with Gasteiger partial charge in [0.2, 0.25) is 0 Å². The van der Waals surface area contributed by atoms with Gasteiger partial charge in [-0.1, -0.05) is 12.1 Å². The van der Waals surface area contributed by atoms with Crippen LogP contribution in [-0.2, 0) is 10.3 Å². The molecule has 3 aromatic rings. The molecule has 0 unspecified atom stereocenters. The van der Waals surface area contributed by atoms with Crippen LogP contribution in [0.3, 0.4) is 0 Å². The average molecular weight is 531 g/mol. The molecule has 0 aliphatic carbocycles. The van der Waals surface area contributed by atoms with Crippen molar-refractivity contribution in [2.24, 2.45) is 0 Å². The van der Waals surface area contributed by atoms with Crippen molar-refractivity contribution in [1.29, 1.82) is 0 Å². The second kappa shape index (κ2) is 8.57. The van der Waals surface area contributed by atoms with Gasteiger partial charge in [-0.2, -0.15) is 5.10 Å². The molecule has 4 rings (SSSR count). The zero-order valence-electron chi connectivity index (χ0n) is 18.0. The van der Waals surface area contributed by atoms with Gasteiger partial charge in [-0.25, -0.2) is 14.8 Å². The molecule has 7 nitrogen and oxygen atoms in total. The number of nitrogens with zero attached hydrogens (tertiary/aromatic N) is 5. The van der Waals surface area contributed by atoms with Crippen LogP contribution in [0.25, 0.3) is 11.4 Å². The fraction of sp³-hybridized carbons (Fsp3) is 0.391. The van der Waals surface area contributed by atoms with Crippen molar-refractivity contribution in [2.75, 3.05) is 13.1 Å². The summed E-state index contributed by atoms with van der Waals surface area (Å²) in [4.78, 5) is 23.6. The molecule has 1 aliphatic rings. The molecule has 0 radical (unpaired) electrons. The number of amides is 1. The fourth-order valence-electron chi connectivity index (χ4n) is 3.90. The molecule has 1 aromatic carbocycles. The Hall–Kier alpha value is -2.49. The Bertz CT molecular complexity index is 1040. The van der Waals surface area contributed by atoms with Crippen LogP contribution in [0.2, 0.25) is 0 Å². The molecule has 0 N–H and O–H groups in total. The Kier molecular flexibility index (Phi) is 6.00. The van der Waals surface area contributed by atoms with E-state index in [1.165, 1.54) is 0 Å². The van der Waals surface area contributed by atoms with Gasteiger partial charge in [-0.3, -0.25) is 4.68 Å². The number of benzene rings is 1. The maximum atomic E-state index is 12.5. The van der Waals surface area contributed by atoms with Crippen LogP contribution in [0.1, 0.15) is 39.2 Å². The van der Waals surface area contributed by atoms with Crippen molar-refractivity contribution in [3.63, 3.8) is 0 Å². The van der Waals surface area contributed by atoms with Crippen LogP contribution in [0.15, 0.2) is 55.1 Å². The number of carbonyl (C=O) groups excluding carboxylic acids is 1. The Morgan fingerprint density at radius 1 is 1.13 bits per heavy atom. The highest BCUT2D eigenvalue weighted by atomic mass is 127. The van der Waals surface area contributed by atoms with Crippen molar-refractivity contribution in [3.05, 3.63) is 64.3 Å². The number of halogens is 1. The SMILES string of the molecule is CC(C)(C)OC(=O)N1CCC(c2cnc(-c3cccc(I)c3)nc2)(n2cccn2)CC1. The van der Waals surface area contributed by atoms with Gasteiger partial charge in [0, 0.05) is 52.6 Å². The third-order valence-corrected chi connectivity index (χ3v) is 6.13. The number of hydrogen-bond donors (Lipinski definition) is 0. The summed E-state index contributed by atoms with van der Waals surface area (Å²) in [5, 5.41) is 4.54. The quantitative estimate of drug-likeness (QED) is 0.458. The van der Waals surface area contributed by atoms with Crippen LogP contribution >= 0.6 is 22.6 Å². The standard InChI is InChI=1S/C23H26IN5O2/c1-22(2,3)31-21(30)28-12-8-23(9-13-28,29-11-5-10-27-29)18-15-25-20(26-16-18)17-6-4-7-19(24)14-17/h4-7,10-11,14-16H,8-9,12-13H2,1-3H3. The number of aromatic nitrogens is 4. The zero-order chi connectivity index (χ0) is 22.1. The number of likely N-dealkylation sites (tertiary alicyclic amines) is 1. The first-order chi connectivity index (χ1) is 14.8. The number of rotatable bonds is 3. The molecule has 31 heavy (non-hydrogen) atoms. The maximum Gasteiger partial charge on any atom is 0.410 e. The highest BCUT2D eigenvalue weighted by molar-refractivity contribution is 14.1. The van der Waals surface area contributed by atoms with Crippen LogP contribution in [0.5, 0.6) is 0 Å². The summed E-state index contributed by atoms with van der Waals surface area (Å²) in [6.07, 6.45) is 8.69. The second-order valence-electron chi connectivity index (χ2n) is 8.76. The topological polar surface area (TPSA) is 73.1 Å². The van der Waals surface area contributed by atoms with Gasteiger partial charge in [0.05, 0.1) is 5.54 Å². The summed E-state index contributed by atoms with van der Waals surface area (Å²) in [6, 6.07) is 10.1. The number of hydrogen-bond acceptors (Lipinski definition) is 5. The van der Waals surface area contributed by atoms with Crippen molar-refractivity contribution in [2.45, 2.75) is 44.8 Å². The lowest BCUT2D eigenvalue weighted by Crippen LogP contribution is -2.50. The van der Waals surface area contributed by atoms with E-state index >= 15 is 0 Å². The molecule has 8 heteroatoms. The predicted octanol–water partition coefficient (Wildman–Crippen LogP) is 4.72. The predicted molar refractivity (Wildman–Crippen MR) is 127 cm³/mol. The van der Waals surface area contributed by atoms with Gasteiger partial charge in [0.25, 0.3) is 0 Å². The van der Waals surface area contributed by atoms with E-state index in [0.717, 1.165) is 14.7 Å². The molecule has 1 fully saturated rings. The Labute approximate surface area is 196 Å². The van der Waals surface area contributed by atoms with Gasteiger partial charge < -0.3 is 9.64 Å². The molecule has 0 saturated carbocycles. The monoisotopic (exact) mass is 531 g/mol. The average Bonchev–Trinajstić information content (AvgIpc) is 3.28. The van der Waals surface area contributed by atoms with Crippen LogP contribution in [0.4, 0.5) is 4.79 Å². The van der Waals surface area contributed by atoms with E-state index < -0.39 is 11.1 Å². The Morgan fingerprint density at radius 2 is 1.84 bits per heavy atom. The van der Waals surface area contributed by atoms with E-state index in [-0.39, 0.29) is 6.09 Å². The summed E-state index contributed by atoms with van der Waals surface area (Å²) in [5.74, 6) is 0.698. The van der Waals surface area contributed by atoms with Crippen molar-refractivity contribution in [1.82, 2.24) is 24.6 Å². The number of piperidine rings is 1. The second-order valence-corrected chi connectivity index (χ2v) is 10.0. The number of ether oxygens (including phenoxy) is 1. The minimum Gasteiger partial charge on any atom is -0.444 e. The van der Waals surface area contributed by atoms with Crippen molar-refractivity contribution < 1.29 is 9.53 Å². The van der Waals surface area contributed by atoms with E-state index in [9.17, 15) is 4.79 Å². The highest BCUT2D eigenvalue weighted by Crippen LogP contribution is 2.37. The van der Waals surface area contributed by atoms with E-state index in [4.69, 9.17) is 4.74 Å². The minimum absolute atomic E-state index is 0.271. The molecule has 0 bridgehead atoms. The van der Waals surface area contributed by atoms with Crippen molar-refractivity contribution >= 4 is 28.7 Å². The fourth-order valence-corrected chi connectivity index (χ4v) is 4.45. The normalized spacial score (nSPS) is 16.2. The van der Waals surface area contributed by atoms with Crippen LogP contribution in [0, 0.1) is 3.57 Å². The van der Waals surface area contributed by atoms with Gasteiger partial charge in [-0.15, -0.1) is 0 Å². The summed E-state index contributed by atoms with van der Waals surface area (Å²) < 4.78 is 8.67. The van der Waals surface area contributed by atoms with E-state index in [0.29, 0.717) is 31.8 Å². The summed E-state index contributed by atoms with van der Waals surface area (Å²) in [6.45, 7) is 6.81. The molecule has 0 spiro atoms. The lowest BCUT2D eigenvalue weighted by atomic mass is 9.82. The molecule has 2 aromatic heterocycles. The zero-order valence-corrected chi connectivity index (χ0v) is 20.1. The molecule has 1 saturated heterocycles. The van der Waals surface area contributed by atoms with Gasteiger partial charge in [0.1, 0.15) is 5.60 Å². The third-order valence-electron chi connectivity index (χ3n) is 5.46. The lowest BCUT2D eigenvalue weighted by molar-refractivity contribution is 0.0137. The minimum atomic E-state index is -0.507. The summed E-state index contributed by atoms with van der Waals surface area (Å²) >= 11 is 2.29. The highest BCUT2D eigenvalue weighted by Gasteiger charge is 2.41. The summed E-state index contributed by atoms with van der Waals surface area (Å²) in [7, 11) is 0. The Balaban J connectivity index is 1.59. The van der Waals surface area contributed by atoms with Gasteiger partial charge >= 0.3 is 6.09 Å². The van der Waals surface area contributed by atoms with Gasteiger partial charge in [-0.05, 0) is 74.4 Å². The molecule has 1 amide bonds. The van der Waals surface area contributed by atoms with Crippen molar-refractivity contribution in [3.8, 4) is 11.4 Å². The van der Waals surface area contributed by atoms with Crippen LogP contribution in [-0.4, -0.2) is 49.4 Å². The first-order valence-corrected chi connectivity index (χ1v) is 11.4.